The molecule has 4 rings (SSSR count). The molecule has 6 heteroatoms. The Labute approximate surface area is 160 Å². The number of amides is 1. The Morgan fingerprint density at radius 1 is 1.22 bits per heavy atom. The summed E-state index contributed by atoms with van der Waals surface area (Å²) in [6.07, 6.45) is 3.33. The maximum atomic E-state index is 12.9. The normalized spacial score (nSPS) is 18.4. The van der Waals surface area contributed by atoms with E-state index in [-0.39, 0.29) is 11.8 Å². The summed E-state index contributed by atoms with van der Waals surface area (Å²) in [4.78, 5) is 25.5. The molecule has 0 saturated carbocycles. The van der Waals surface area contributed by atoms with Crippen LogP contribution in [-0.4, -0.2) is 59.0 Å². The van der Waals surface area contributed by atoms with Crippen molar-refractivity contribution in [2.45, 2.75) is 32.7 Å². The average Bonchev–Trinajstić information content (AvgIpc) is 3.36. The number of nitrogens with one attached hydrogen (secondary N) is 1. The lowest BCUT2D eigenvalue weighted by atomic mass is 10.1. The van der Waals surface area contributed by atoms with E-state index in [9.17, 15) is 4.79 Å². The van der Waals surface area contributed by atoms with Gasteiger partial charge in [-0.15, -0.1) is 0 Å². The number of hydrogen-bond donors (Lipinski definition) is 1. The van der Waals surface area contributed by atoms with Crippen LogP contribution in [0.2, 0.25) is 0 Å². The number of carbonyl (C=O) groups is 1. The summed E-state index contributed by atoms with van der Waals surface area (Å²) >= 11 is 0. The van der Waals surface area contributed by atoms with Gasteiger partial charge in [0.15, 0.2) is 0 Å². The number of nitrogens with zero attached hydrogens (tertiary/aromatic N) is 3. The van der Waals surface area contributed by atoms with Crippen molar-refractivity contribution in [2.24, 2.45) is 5.92 Å². The van der Waals surface area contributed by atoms with Crippen LogP contribution in [0, 0.1) is 5.92 Å². The molecule has 0 spiro atoms. The molecule has 1 aromatic heterocycles. The monoisotopic (exact) mass is 368 g/mol. The fourth-order valence-electron chi connectivity index (χ4n) is 4.11. The van der Waals surface area contributed by atoms with Gasteiger partial charge in [-0.3, -0.25) is 4.79 Å². The van der Waals surface area contributed by atoms with Crippen molar-refractivity contribution in [2.75, 3.05) is 33.3 Å². The van der Waals surface area contributed by atoms with E-state index in [1.54, 1.807) is 7.11 Å². The molecule has 0 bridgehead atoms. The zero-order chi connectivity index (χ0) is 18.8. The van der Waals surface area contributed by atoms with Gasteiger partial charge in [0.2, 0.25) is 5.91 Å². The SMILES string of the molecule is COc1ccc(-c2nc3c([nH]2)CN(C(=O)[C@@H](C)CN2CCCC2)CC3)cc1. The first kappa shape index (κ1) is 18.0. The highest BCUT2D eigenvalue weighted by Gasteiger charge is 2.28. The van der Waals surface area contributed by atoms with Gasteiger partial charge in [0.25, 0.3) is 0 Å². The molecule has 2 aromatic rings. The zero-order valence-electron chi connectivity index (χ0n) is 16.2. The standard InChI is InChI=1S/C21H28N4O2/c1-15(13-24-10-3-4-11-24)21(26)25-12-9-18-19(14-25)23-20(22-18)16-5-7-17(27-2)8-6-16/h5-8,15H,3-4,9-14H2,1-2H3,(H,22,23)/t15-/m0/s1. The number of benzene rings is 1. The Morgan fingerprint density at radius 2 is 1.96 bits per heavy atom. The number of H-pyrrole nitrogens is 1. The number of likely N-dealkylation sites (tertiary alicyclic amines) is 1. The highest BCUT2D eigenvalue weighted by molar-refractivity contribution is 5.79. The van der Waals surface area contributed by atoms with Crippen LogP contribution in [0.4, 0.5) is 0 Å². The fraction of sp³-hybridized carbons (Fsp3) is 0.524. The fourth-order valence-corrected chi connectivity index (χ4v) is 4.11. The Hall–Kier alpha value is -2.34. The number of aromatic nitrogens is 2. The van der Waals surface area contributed by atoms with E-state index in [0.717, 1.165) is 61.1 Å². The molecule has 1 fully saturated rings. The van der Waals surface area contributed by atoms with Crippen LogP contribution in [0.5, 0.6) is 5.75 Å². The van der Waals surface area contributed by atoms with Crippen LogP contribution in [0.15, 0.2) is 24.3 Å². The van der Waals surface area contributed by atoms with E-state index < -0.39 is 0 Å². The second-order valence-electron chi connectivity index (χ2n) is 7.66. The predicted molar refractivity (Wildman–Crippen MR) is 105 cm³/mol. The summed E-state index contributed by atoms with van der Waals surface area (Å²) in [6, 6.07) is 7.88. The minimum atomic E-state index is 0.0497. The van der Waals surface area contributed by atoms with Crippen molar-refractivity contribution in [3.05, 3.63) is 35.7 Å². The van der Waals surface area contributed by atoms with E-state index in [2.05, 4.69) is 16.8 Å². The van der Waals surface area contributed by atoms with E-state index in [0.29, 0.717) is 6.54 Å². The third-order valence-corrected chi connectivity index (χ3v) is 5.66. The van der Waals surface area contributed by atoms with E-state index in [4.69, 9.17) is 9.72 Å². The second-order valence-corrected chi connectivity index (χ2v) is 7.66. The average molecular weight is 368 g/mol. The molecule has 0 aliphatic carbocycles. The number of carbonyl (C=O) groups excluding carboxylic acids is 1. The van der Waals surface area contributed by atoms with Crippen molar-refractivity contribution in [1.29, 1.82) is 0 Å². The van der Waals surface area contributed by atoms with Crippen LogP contribution in [0.3, 0.4) is 0 Å². The maximum Gasteiger partial charge on any atom is 0.227 e. The molecule has 2 aliphatic heterocycles. The molecule has 1 aromatic carbocycles. The van der Waals surface area contributed by atoms with Gasteiger partial charge in [-0.1, -0.05) is 6.92 Å². The smallest absolute Gasteiger partial charge is 0.227 e. The molecule has 0 unspecified atom stereocenters. The number of rotatable bonds is 5. The predicted octanol–water partition coefficient (Wildman–Crippen LogP) is 2.70. The lowest BCUT2D eigenvalue weighted by Gasteiger charge is -2.30. The number of fused-ring (bicyclic) bond motifs is 1. The number of aromatic amines is 1. The second kappa shape index (κ2) is 7.72. The molecule has 1 atom stereocenters. The third-order valence-electron chi connectivity index (χ3n) is 5.66. The van der Waals surface area contributed by atoms with Gasteiger partial charge in [-0.25, -0.2) is 4.98 Å². The van der Waals surface area contributed by atoms with Gasteiger partial charge in [0.1, 0.15) is 11.6 Å². The summed E-state index contributed by atoms with van der Waals surface area (Å²) in [6.45, 7) is 6.58. The van der Waals surface area contributed by atoms with Gasteiger partial charge in [0.05, 0.1) is 25.0 Å². The highest BCUT2D eigenvalue weighted by Crippen LogP contribution is 2.25. The van der Waals surface area contributed by atoms with Crippen LogP contribution in [0.25, 0.3) is 11.4 Å². The van der Waals surface area contributed by atoms with E-state index in [1.165, 1.54) is 12.8 Å². The lowest BCUT2D eigenvalue weighted by Crippen LogP contribution is -2.42. The van der Waals surface area contributed by atoms with E-state index >= 15 is 0 Å². The Bertz CT molecular complexity index is 793. The molecule has 3 heterocycles. The van der Waals surface area contributed by atoms with Gasteiger partial charge < -0.3 is 19.5 Å². The summed E-state index contributed by atoms with van der Waals surface area (Å²) in [5.74, 6) is 2.00. The molecule has 144 valence electrons. The van der Waals surface area contributed by atoms with Gasteiger partial charge in [-0.2, -0.15) is 0 Å². The Morgan fingerprint density at radius 3 is 2.67 bits per heavy atom. The highest BCUT2D eigenvalue weighted by atomic mass is 16.5. The lowest BCUT2D eigenvalue weighted by molar-refractivity contribution is -0.136. The van der Waals surface area contributed by atoms with Crippen LogP contribution in [0.1, 0.15) is 31.2 Å². The quantitative estimate of drug-likeness (QED) is 0.881. The van der Waals surface area contributed by atoms with Gasteiger partial charge in [0, 0.05) is 31.0 Å². The summed E-state index contributed by atoms with van der Waals surface area (Å²) in [5.41, 5.74) is 3.18. The Kier molecular flexibility index (Phi) is 5.16. The summed E-state index contributed by atoms with van der Waals surface area (Å²) < 4.78 is 5.22. The van der Waals surface area contributed by atoms with Crippen molar-refractivity contribution in [3.8, 4) is 17.1 Å². The molecule has 1 N–H and O–H groups in total. The molecule has 6 nitrogen and oxygen atoms in total. The molecular formula is C21H28N4O2. The van der Waals surface area contributed by atoms with Crippen molar-refractivity contribution in [3.63, 3.8) is 0 Å². The minimum Gasteiger partial charge on any atom is -0.497 e. The number of hydrogen-bond acceptors (Lipinski definition) is 4. The molecular weight excluding hydrogens is 340 g/mol. The first-order valence-electron chi connectivity index (χ1n) is 9.87. The van der Waals surface area contributed by atoms with Crippen LogP contribution >= 0.6 is 0 Å². The first-order chi connectivity index (χ1) is 13.1. The van der Waals surface area contributed by atoms with E-state index in [1.807, 2.05) is 29.2 Å². The topological polar surface area (TPSA) is 61.5 Å². The van der Waals surface area contributed by atoms with Crippen molar-refractivity contribution >= 4 is 5.91 Å². The van der Waals surface area contributed by atoms with Crippen molar-refractivity contribution in [1.82, 2.24) is 19.8 Å². The number of imidazole rings is 1. The van der Waals surface area contributed by atoms with Gasteiger partial charge >= 0.3 is 0 Å². The summed E-state index contributed by atoms with van der Waals surface area (Å²) in [5, 5.41) is 0. The molecule has 0 radical (unpaired) electrons. The molecule has 1 saturated heterocycles. The Balaban J connectivity index is 1.43. The zero-order valence-corrected chi connectivity index (χ0v) is 16.2. The number of ether oxygens (including phenoxy) is 1. The molecule has 2 aliphatic rings. The first-order valence-corrected chi connectivity index (χ1v) is 9.87. The largest absolute Gasteiger partial charge is 0.497 e. The van der Waals surface area contributed by atoms with Crippen molar-refractivity contribution < 1.29 is 9.53 Å². The van der Waals surface area contributed by atoms with Crippen LogP contribution < -0.4 is 4.74 Å². The number of methoxy groups -OCH3 is 1. The third kappa shape index (κ3) is 3.86. The molecule has 1 amide bonds. The molecule has 27 heavy (non-hydrogen) atoms. The maximum absolute atomic E-state index is 12.9. The van der Waals surface area contributed by atoms with Crippen LogP contribution in [-0.2, 0) is 17.8 Å². The minimum absolute atomic E-state index is 0.0497. The summed E-state index contributed by atoms with van der Waals surface area (Å²) in [7, 11) is 1.66. The van der Waals surface area contributed by atoms with Gasteiger partial charge in [-0.05, 0) is 50.2 Å².